The van der Waals surface area contributed by atoms with Gasteiger partial charge < -0.3 is 29.6 Å². The lowest BCUT2D eigenvalue weighted by atomic mass is 10.1. The topological polar surface area (TPSA) is 138 Å². The Kier molecular flexibility index (Phi) is 7.37. The second kappa shape index (κ2) is 10.4. The quantitative estimate of drug-likeness (QED) is 0.326. The maximum absolute atomic E-state index is 11.4. The molecule has 3 aromatic rings. The molecule has 0 saturated carbocycles. The Morgan fingerprint density at radius 3 is 2.51 bits per heavy atom. The highest BCUT2D eigenvalue weighted by Gasteiger charge is 2.33. The summed E-state index contributed by atoms with van der Waals surface area (Å²) in [4.78, 5) is 27.2. The van der Waals surface area contributed by atoms with E-state index in [9.17, 15) is 9.90 Å². The maximum Gasteiger partial charge on any atom is 0.506 e. The normalized spacial score (nSPS) is 14.5. The summed E-state index contributed by atoms with van der Waals surface area (Å²) in [6, 6.07) is 8.42. The molecular formula is C24H32N6O5. The average molecular weight is 485 g/mol. The van der Waals surface area contributed by atoms with Gasteiger partial charge in [0.1, 0.15) is 6.61 Å². The Labute approximate surface area is 203 Å². The molecule has 4 rings (SSSR count). The molecule has 1 aliphatic rings. The maximum atomic E-state index is 11.4. The largest absolute Gasteiger partial charge is 0.506 e. The number of nitrogen functional groups attached to an aromatic ring is 1. The molecule has 1 saturated heterocycles. The van der Waals surface area contributed by atoms with Gasteiger partial charge in [0.05, 0.1) is 13.2 Å². The molecule has 2 aromatic heterocycles. The van der Waals surface area contributed by atoms with Gasteiger partial charge in [0.25, 0.3) is 0 Å². The fraction of sp³-hybridized carbons (Fsp3) is 0.500. The number of anilines is 1. The highest BCUT2D eigenvalue weighted by atomic mass is 16.7. The van der Waals surface area contributed by atoms with Gasteiger partial charge in [0.15, 0.2) is 28.4 Å². The Bertz CT molecular complexity index is 1190. The fourth-order valence-electron chi connectivity index (χ4n) is 4.36. The van der Waals surface area contributed by atoms with Crippen LogP contribution in [0.3, 0.4) is 0 Å². The van der Waals surface area contributed by atoms with E-state index >= 15 is 0 Å². The number of hydrogen-bond donors (Lipinski definition) is 2. The third-order valence-corrected chi connectivity index (χ3v) is 5.94. The third-order valence-electron chi connectivity index (χ3n) is 5.94. The van der Waals surface area contributed by atoms with Gasteiger partial charge in [0, 0.05) is 13.7 Å². The third kappa shape index (κ3) is 5.80. The van der Waals surface area contributed by atoms with Crippen LogP contribution in [0.4, 0.5) is 10.6 Å². The van der Waals surface area contributed by atoms with Crippen molar-refractivity contribution in [1.82, 2.24) is 24.4 Å². The summed E-state index contributed by atoms with van der Waals surface area (Å²) in [7, 11) is 1.57. The van der Waals surface area contributed by atoms with Crippen LogP contribution in [-0.4, -0.2) is 69.1 Å². The number of carboxylic acid groups (broad SMARTS) is 1. The first kappa shape index (κ1) is 24.7. The fourth-order valence-corrected chi connectivity index (χ4v) is 4.36. The van der Waals surface area contributed by atoms with Crippen LogP contribution >= 0.6 is 0 Å². The van der Waals surface area contributed by atoms with E-state index < -0.39 is 11.8 Å². The minimum Gasteiger partial charge on any atom is -0.461 e. The first-order valence-electron chi connectivity index (χ1n) is 11.6. The average Bonchev–Trinajstić information content (AvgIpc) is 3.42. The first-order chi connectivity index (χ1) is 16.8. The number of hydrogen-bond acceptors (Lipinski definition) is 9. The van der Waals surface area contributed by atoms with Crippen molar-refractivity contribution < 1.29 is 24.1 Å². The SMILES string of the molecule is COCCOc1nc(N)c2nc(C(C)(C)OC(=O)O)n(Cc3cccc(CN4CCCC4)c3)c2n1. The van der Waals surface area contributed by atoms with Crippen molar-refractivity contribution in [2.75, 3.05) is 39.1 Å². The molecule has 0 aliphatic carbocycles. The van der Waals surface area contributed by atoms with E-state index in [2.05, 4.69) is 32.0 Å². The highest BCUT2D eigenvalue weighted by molar-refractivity contribution is 5.83. The first-order valence-corrected chi connectivity index (χ1v) is 11.6. The zero-order chi connectivity index (χ0) is 25.0. The number of aromatic nitrogens is 4. The molecule has 3 N–H and O–H groups in total. The number of methoxy groups -OCH3 is 1. The zero-order valence-electron chi connectivity index (χ0n) is 20.4. The molecule has 1 aromatic carbocycles. The lowest BCUT2D eigenvalue weighted by molar-refractivity contribution is -0.00576. The summed E-state index contributed by atoms with van der Waals surface area (Å²) in [5.74, 6) is 0.506. The summed E-state index contributed by atoms with van der Waals surface area (Å²) in [5, 5.41) is 9.31. The van der Waals surface area contributed by atoms with Crippen molar-refractivity contribution in [3.63, 3.8) is 0 Å². The van der Waals surface area contributed by atoms with Crippen LogP contribution < -0.4 is 10.5 Å². The van der Waals surface area contributed by atoms with Gasteiger partial charge in [-0.15, -0.1) is 0 Å². The van der Waals surface area contributed by atoms with Gasteiger partial charge in [-0.3, -0.25) is 4.90 Å². The van der Waals surface area contributed by atoms with Gasteiger partial charge in [-0.05, 0) is 50.9 Å². The van der Waals surface area contributed by atoms with Crippen molar-refractivity contribution in [2.24, 2.45) is 0 Å². The summed E-state index contributed by atoms with van der Waals surface area (Å²) >= 11 is 0. The van der Waals surface area contributed by atoms with Crippen LogP contribution in [0, 0.1) is 0 Å². The summed E-state index contributed by atoms with van der Waals surface area (Å²) in [5.41, 5.74) is 7.97. The van der Waals surface area contributed by atoms with E-state index in [1.165, 1.54) is 18.4 Å². The molecule has 1 fully saturated rings. The van der Waals surface area contributed by atoms with E-state index in [0.29, 0.717) is 30.1 Å². The standard InChI is InChI=1S/C24H32N6O5/c1-24(2,35-23(31)32)21-26-18-19(25)27-22(34-12-11-33-3)28-20(18)30(21)15-17-8-6-7-16(13-17)14-29-9-4-5-10-29/h6-8,13H,4-5,9-12,14-15H2,1-3H3,(H,31,32)(H2,25,27,28). The van der Waals surface area contributed by atoms with Gasteiger partial charge in [-0.2, -0.15) is 9.97 Å². The molecule has 11 nitrogen and oxygen atoms in total. The number of imidazole rings is 1. The summed E-state index contributed by atoms with van der Waals surface area (Å²) in [6.45, 7) is 7.42. The predicted octanol–water partition coefficient (Wildman–Crippen LogP) is 3.01. The molecule has 1 aliphatic heterocycles. The number of carbonyl (C=O) groups is 1. The van der Waals surface area contributed by atoms with Gasteiger partial charge in [-0.1, -0.05) is 24.3 Å². The van der Waals surface area contributed by atoms with Crippen LogP contribution in [0.2, 0.25) is 0 Å². The molecular weight excluding hydrogens is 452 g/mol. The molecule has 188 valence electrons. The number of fused-ring (bicyclic) bond motifs is 1. The Morgan fingerprint density at radius 2 is 1.83 bits per heavy atom. The summed E-state index contributed by atoms with van der Waals surface area (Å²) in [6.07, 6.45) is 1.07. The number of likely N-dealkylation sites (tertiary alicyclic amines) is 1. The van der Waals surface area contributed by atoms with Crippen LogP contribution in [-0.2, 0) is 28.2 Å². The van der Waals surface area contributed by atoms with Gasteiger partial charge in [0.2, 0.25) is 0 Å². The summed E-state index contributed by atoms with van der Waals surface area (Å²) < 4.78 is 17.6. The van der Waals surface area contributed by atoms with E-state index in [1.807, 2.05) is 16.7 Å². The molecule has 0 unspecified atom stereocenters. The minimum atomic E-state index is -1.40. The minimum absolute atomic E-state index is 0.0968. The smallest absolute Gasteiger partial charge is 0.461 e. The second-order valence-corrected chi connectivity index (χ2v) is 9.11. The van der Waals surface area contributed by atoms with Gasteiger partial charge in [-0.25, -0.2) is 9.78 Å². The Morgan fingerprint density at radius 1 is 1.11 bits per heavy atom. The van der Waals surface area contributed by atoms with Crippen LogP contribution in [0.5, 0.6) is 6.01 Å². The van der Waals surface area contributed by atoms with Crippen molar-refractivity contribution in [3.8, 4) is 6.01 Å². The van der Waals surface area contributed by atoms with E-state index in [4.69, 9.17) is 19.9 Å². The molecule has 0 radical (unpaired) electrons. The number of nitrogens with zero attached hydrogens (tertiary/aromatic N) is 5. The Hall–Kier alpha value is -3.44. The molecule has 0 bridgehead atoms. The van der Waals surface area contributed by atoms with Gasteiger partial charge >= 0.3 is 12.2 Å². The predicted molar refractivity (Wildman–Crippen MR) is 129 cm³/mol. The van der Waals surface area contributed by atoms with E-state index in [1.54, 1.807) is 21.0 Å². The number of nitrogens with two attached hydrogens (primary N) is 1. The Balaban J connectivity index is 1.74. The van der Waals surface area contributed by atoms with Crippen molar-refractivity contribution in [1.29, 1.82) is 0 Å². The molecule has 3 heterocycles. The number of benzene rings is 1. The van der Waals surface area contributed by atoms with Crippen molar-refractivity contribution in [2.45, 2.75) is 45.4 Å². The number of ether oxygens (including phenoxy) is 3. The van der Waals surface area contributed by atoms with Crippen LogP contribution in [0.15, 0.2) is 24.3 Å². The lowest BCUT2D eigenvalue weighted by Crippen LogP contribution is -2.29. The van der Waals surface area contributed by atoms with Crippen LogP contribution in [0.1, 0.15) is 43.6 Å². The monoisotopic (exact) mass is 484 g/mol. The zero-order valence-corrected chi connectivity index (χ0v) is 20.4. The van der Waals surface area contributed by atoms with Crippen molar-refractivity contribution in [3.05, 3.63) is 41.2 Å². The van der Waals surface area contributed by atoms with E-state index in [0.717, 1.165) is 25.2 Å². The van der Waals surface area contributed by atoms with Crippen LogP contribution in [0.25, 0.3) is 11.2 Å². The van der Waals surface area contributed by atoms with Crippen molar-refractivity contribution >= 4 is 23.1 Å². The lowest BCUT2D eigenvalue weighted by Gasteiger charge is -2.24. The molecule has 0 atom stereocenters. The molecule has 0 amide bonds. The molecule has 0 spiro atoms. The molecule has 35 heavy (non-hydrogen) atoms. The number of rotatable bonds is 10. The van der Waals surface area contributed by atoms with E-state index in [-0.39, 0.29) is 18.4 Å². The molecule has 11 heteroatoms. The second-order valence-electron chi connectivity index (χ2n) is 9.11. The highest BCUT2D eigenvalue weighted by Crippen LogP contribution is 2.31.